The van der Waals surface area contributed by atoms with E-state index in [4.69, 9.17) is 4.74 Å². The summed E-state index contributed by atoms with van der Waals surface area (Å²) in [6, 6.07) is 0. The van der Waals surface area contributed by atoms with Gasteiger partial charge in [0.15, 0.2) is 0 Å². The van der Waals surface area contributed by atoms with Crippen LogP contribution in [0.3, 0.4) is 0 Å². The molecule has 12 heavy (non-hydrogen) atoms. The van der Waals surface area contributed by atoms with Gasteiger partial charge in [0.1, 0.15) is 6.79 Å². The molecule has 0 atom stereocenters. The highest BCUT2D eigenvalue weighted by Gasteiger charge is 2.27. The second kappa shape index (κ2) is 6.53. The van der Waals surface area contributed by atoms with Gasteiger partial charge in [-0.15, -0.1) is 0 Å². The predicted octanol–water partition coefficient (Wildman–Crippen LogP) is 1.36. The van der Waals surface area contributed by atoms with Crippen molar-refractivity contribution in [2.45, 2.75) is 5.51 Å². The molecule has 0 saturated heterocycles. The fourth-order valence-electron chi connectivity index (χ4n) is 0.389. The molecule has 7 heteroatoms. The third kappa shape index (κ3) is 10.0. The first-order valence-corrected chi connectivity index (χ1v) is 3.92. The Bertz CT molecular complexity index is 111. The first-order chi connectivity index (χ1) is 5.56. The number of hydrogen-bond donors (Lipinski definition) is 1. The lowest BCUT2D eigenvalue weighted by Crippen LogP contribution is -2.18. The van der Waals surface area contributed by atoms with Gasteiger partial charge in [0, 0.05) is 25.6 Å². The summed E-state index contributed by atoms with van der Waals surface area (Å²) in [4.78, 5) is 0. The second-order valence-electron chi connectivity index (χ2n) is 1.76. The number of hydrogen-bond acceptors (Lipinski definition) is 4. The number of nitrogens with one attached hydrogen (secondary N) is 1. The lowest BCUT2D eigenvalue weighted by Gasteiger charge is -2.06. The highest BCUT2D eigenvalue weighted by molar-refractivity contribution is 7.98. The van der Waals surface area contributed by atoms with Crippen LogP contribution in [0.4, 0.5) is 13.2 Å². The summed E-state index contributed by atoms with van der Waals surface area (Å²) in [5.74, 6) is 0. The Hall–Kier alpha value is 0.0200. The van der Waals surface area contributed by atoms with Crippen LogP contribution in [0.25, 0.3) is 0 Å². The number of halogens is 3. The maximum Gasteiger partial charge on any atom is 0.456 e. The molecule has 0 rings (SSSR count). The molecular weight excluding hydrogens is 195 g/mol. The van der Waals surface area contributed by atoms with E-state index in [0.717, 1.165) is 0 Å². The molecule has 0 saturated carbocycles. The molecule has 0 aromatic carbocycles. The first-order valence-electron chi connectivity index (χ1n) is 3.10. The third-order valence-electron chi connectivity index (χ3n) is 0.738. The first kappa shape index (κ1) is 12.0. The smallest absolute Gasteiger partial charge is 0.359 e. The molecule has 0 spiro atoms. The largest absolute Gasteiger partial charge is 0.456 e. The van der Waals surface area contributed by atoms with Crippen molar-refractivity contribution in [3.05, 3.63) is 0 Å². The van der Waals surface area contributed by atoms with Crippen molar-refractivity contribution in [2.24, 2.45) is 0 Å². The van der Waals surface area contributed by atoms with Crippen LogP contribution in [0.1, 0.15) is 0 Å². The average molecular weight is 205 g/mol. The van der Waals surface area contributed by atoms with Crippen molar-refractivity contribution in [3.63, 3.8) is 0 Å². The van der Waals surface area contributed by atoms with E-state index in [1.807, 2.05) is 0 Å². The maximum atomic E-state index is 11.5. The quantitative estimate of drug-likeness (QED) is 0.403. The SMILES string of the molecule is COCOCCNSC(F)(F)F. The average Bonchev–Trinajstić information content (AvgIpc) is 1.94. The minimum absolute atomic E-state index is 0.0956. The molecule has 0 unspecified atom stereocenters. The van der Waals surface area contributed by atoms with Crippen molar-refractivity contribution in [1.82, 2.24) is 4.72 Å². The molecule has 0 heterocycles. The van der Waals surface area contributed by atoms with Crippen LogP contribution in [0.2, 0.25) is 0 Å². The molecule has 0 aromatic rings. The Balaban J connectivity index is 3.01. The molecule has 0 aliphatic heterocycles. The molecule has 74 valence electrons. The predicted molar refractivity (Wildman–Crippen MR) is 39.5 cm³/mol. The van der Waals surface area contributed by atoms with Crippen LogP contribution in [-0.2, 0) is 9.47 Å². The number of methoxy groups -OCH3 is 1. The van der Waals surface area contributed by atoms with Crippen molar-refractivity contribution in [3.8, 4) is 0 Å². The van der Waals surface area contributed by atoms with Crippen molar-refractivity contribution in [1.29, 1.82) is 0 Å². The highest BCUT2D eigenvalue weighted by Crippen LogP contribution is 2.26. The molecule has 0 aliphatic carbocycles. The normalized spacial score (nSPS) is 12.0. The molecular formula is C5H10F3NO2S. The molecule has 1 N–H and O–H groups in total. The molecule has 0 bridgehead atoms. The summed E-state index contributed by atoms with van der Waals surface area (Å²) in [7, 11) is 1.44. The third-order valence-corrected chi connectivity index (χ3v) is 1.32. The van der Waals surface area contributed by atoms with Gasteiger partial charge in [-0.05, 0) is 0 Å². The lowest BCUT2D eigenvalue weighted by molar-refractivity contribution is -0.0352. The van der Waals surface area contributed by atoms with E-state index in [2.05, 4.69) is 9.46 Å². The van der Waals surface area contributed by atoms with Crippen LogP contribution in [0.15, 0.2) is 0 Å². The zero-order valence-electron chi connectivity index (χ0n) is 6.48. The molecule has 3 nitrogen and oxygen atoms in total. The minimum atomic E-state index is -4.23. The van der Waals surface area contributed by atoms with E-state index in [9.17, 15) is 13.2 Å². The standard InChI is InChI=1S/C5H10F3NO2S/c1-10-4-11-3-2-9-12-5(6,7)8/h9H,2-4H2,1H3. The van der Waals surface area contributed by atoms with Crippen LogP contribution >= 0.6 is 11.9 Å². The summed E-state index contributed by atoms with van der Waals surface area (Å²) in [6.45, 7) is 0.419. The summed E-state index contributed by atoms with van der Waals surface area (Å²) in [5, 5.41) is 0. The summed E-state index contributed by atoms with van der Waals surface area (Å²) in [6.07, 6.45) is 0. The van der Waals surface area contributed by atoms with Gasteiger partial charge < -0.3 is 9.47 Å². The van der Waals surface area contributed by atoms with Crippen molar-refractivity contribution < 1.29 is 22.6 Å². The van der Waals surface area contributed by atoms with Gasteiger partial charge in [0.2, 0.25) is 0 Å². The zero-order chi connectivity index (χ0) is 9.45. The van der Waals surface area contributed by atoms with Crippen molar-refractivity contribution in [2.75, 3.05) is 27.1 Å². The van der Waals surface area contributed by atoms with Crippen LogP contribution in [-0.4, -0.2) is 32.6 Å². The van der Waals surface area contributed by atoms with Gasteiger partial charge in [0.05, 0.1) is 6.61 Å². The monoisotopic (exact) mass is 205 g/mol. The van der Waals surface area contributed by atoms with E-state index < -0.39 is 5.51 Å². The molecule has 0 amide bonds. The number of ether oxygens (including phenoxy) is 2. The van der Waals surface area contributed by atoms with Gasteiger partial charge in [0.25, 0.3) is 0 Å². The lowest BCUT2D eigenvalue weighted by atomic mass is 10.7. The molecule has 0 radical (unpaired) electrons. The summed E-state index contributed by atoms with van der Waals surface area (Å²) < 4.78 is 45.7. The highest BCUT2D eigenvalue weighted by atomic mass is 32.2. The van der Waals surface area contributed by atoms with E-state index in [0.29, 0.717) is 0 Å². The van der Waals surface area contributed by atoms with E-state index >= 15 is 0 Å². The number of alkyl halides is 3. The molecule has 0 aliphatic rings. The van der Waals surface area contributed by atoms with E-state index in [-0.39, 0.29) is 31.9 Å². The Kier molecular flexibility index (Phi) is 6.54. The van der Waals surface area contributed by atoms with E-state index in [1.54, 1.807) is 0 Å². The van der Waals surface area contributed by atoms with Crippen LogP contribution in [0.5, 0.6) is 0 Å². The summed E-state index contributed by atoms with van der Waals surface area (Å²) in [5.41, 5.74) is -4.23. The Morgan fingerprint density at radius 2 is 2.08 bits per heavy atom. The van der Waals surface area contributed by atoms with Crippen molar-refractivity contribution >= 4 is 11.9 Å². The van der Waals surface area contributed by atoms with Crippen LogP contribution in [0, 0.1) is 0 Å². The summed E-state index contributed by atoms with van der Waals surface area (Å²) >= 11 is -0.279. The van der Waals surface area contributed by atoms with Gasteiger partial charge in [-0.3, -0.25) is 4.72 Å². The van der Waals surface area contributed by atoms with Crippen LogP contribution < -0.4 is 4.72 Å². The fourth-order valence-corrected chi connectivity index (χ4v) is 0.738. The van der Waals surface area contributed by atoms with Gasteiger partial charge >= 0.3 is 5.51 Å². The maximum absolute atomic E-state index is 11.5. The van der Waals surface area contributed by atoms with Gasteiger partial charge in [-0.2, -0.15) is 13.2 Å². The number of rotatable bonds is 6. The Labute approximate surface area is 72.7 Å². The second-order valence-corrected chi connectivity index (χ2v) is 2.71. The van der Waals surface area contributed by atoms with E-state index in [1.165, 1.54) is 7.11 Å². The molecule has 0 fully saturated rings. The Morgan fingerprint density at radius 3 is 2.58 bits per heavy atom. The Morgan fingerprint density at radius 1 is 1.42 bits per heavy atom. The minimum Gasteiger partial charge on any atom is -0.359 e. The molecule has 0 aromatic heterocycles. The zero-order valence-corrected chi connectivity index (χ0v) is 7.30. The van der Waals surface area contributed by atoms with Gasteiger partial charge in [-0.25, -0.2) is 0 Å². The van der Waals surface area contributed by atoms with Gasteiger partial charge in [-0.1, -0.05) is 0 Å². The topological polar surface area (TPSA) is 30.5 Å². The fraction of sp³-hybridized carbons (Fsp3) is 1.00.